The largest absolute Gasteiger partial charge is 0.325 e. The molecule has 2 aromatic rings. The summed E-state index contributed by atoms with van der Waals surface area (Å²) in [4.78, 5) is 26.7. The van der Waals surface area contributed by atoms with E-state index in [2.05, 4.69) is 20.7 Å². The maximum absolute atomic E-state index is 11.5. The Balaban J connectivity index is 1.84. The molecule has 0 radical (unpaired) electrons. The molecule has 1 aromatic heterocycles. The van der Waals surface area contributed by atoms with Crippen LogP contribution in [0.5, 0.6) is 0 Å². The van der Waals surface area contributed by atoms with Crippen LogP contribution in [0.4, 0.5) is 10.5 Å². The molecule has 0 saturated carbocycles. The summed E-state index contributed by atoms with van der Waals surface area (Å²) in [5, 5.41) is 8.99. The Morgan fingerprint density at radius 2 is 2.00 bits per heavy atom. The summed E-state index contributed by atoms with van der Waals surface area (Å²) in [7, 11) is 0. The van der Waals surface area contributed by atoms with E-state index in [1.165, 1.54) is 17.3 Å². The van der Waals surface area contributed by atoms with Crippen LogP contribution in [0.25, 0.3) is 0 Å². The fourth-order valence-corrected chi connectivity index (χ4v) is 1.45. The number of hydrogen-bond donors (Lipinski definition) is 2. The number of carbonyl (C=O) groups is 2. The average Bonchev–Trinajstić information content (AvgIpc) is 2.84. The van der Waals surface area contributed by atoms with Gasteiger partial charge in [0.25, 0.3) is 0 Å². The van der Waals surface area contributed by atoms with E-state index in [0.29, 0.717) is 10.7 Å². The lowest BCUT2D eigenvalue weighted by Gasteiger charge is -2.06. The number of benzene rings is 1. The molecular weight excluding hydrogens is 270 g/mol. The van der Waals surface area contributed by atoms with E-state index >= 15 is 0 Å². The third-order valence-corrected chi connectivity index (χ3v) is 2.38. The molecule has 0 fully saturated rings. The minimum atomic E-state index is -0.618. The van der Waals surface area contributed by atoms with Gasteiger partial charge in [-0.2, -0.15) is 5.10 Å². The third kappa shape index (κ3) is 4.07. The molecule has 0 aliphatic carbocycles. The minimum absolute atomic E-state index is 0.0754. The predicted molar refractivity (Wildman–Crippen MR) is 68.6 cm³/mol. The SMILES string of the molecule is O=C(Cn1cncn1)NC(=O)Nc1ccc(Cl)cc1. The van der Waals surface area contributed by atoms with Crippen LogP contribution in [0.3, 0.4) is 0 Å². The van der Waals surface area contributed by atoms with Crippen LogP contribution in [0.2, 0.25) is 5.02 Å². The zero-order chi connectivity index (χ0) is 13.7. The summed E-state index contributed by atoms with van der Waals surface area (Å²) in [5.41, 5.74) is 0.537. The Morgan fingerprint density at radius 3 is 2.63 bits per heavy atom. The highest BCUT2D eigenvalue weighted by Crippen LogP contribution is 2.12. The molecule has 1 aromatic carbocycles. The van der Waals surface area contributed by atoms with Gasteiger partial charge < -0.3 is 5.32 Å². The molecule has 0 saturated heterocycles. The highest BCUT2D eigenvalue weighted by Gasteiger charge is 2.08. The van der Waals surface area contributed by atoms with Crippen LogP contribution in [0.1, 0.15) is 0 Å². The highest BCUT2D eigenvalue weighted by atomic mass is 35.5. The summed E-state index contributed by atoms with van der Waals surface area (Å²) >= 11 is 5.71. The minimum Gasteiger partial charge on any atom is -0.308 e. The molecule has 0 atom stereocenters. The summed E-state index contributed by atoms with van der Waals surface area (Å²) in [5.74, 6) is -0.489. The number of halogens is 1. The smallest absolute Gasteiger partial charge is 0.308 e. The van der Waals surface area contributed by atoms with Crippen molar-refractivity contribution in [1.29, 1.82) is 0 Å². The van der Waals surface area contributed by atoms with Gasteiger partial charge in [0.05, 0.1) is 0 Å². The number of imide groups is 1. The lowest BCUT2D eigenvalue weighted by molar-refractivity contribution is -0.120. The Kier molecular flexibility index (Phi) is 4.09. The normalized spacial score (nSPS) is 9.95. The van der Waals surface area contributed by atoms with Crippen molar-refractivity contribution in [3.8, 4) is 0 Å². The number of anilines is 1. The molecule has 2 rings (SSSR count). The van der Waals surface area contributed by atoms with Crippen molar-refractivity contribution in [2.45, 2.75) is 6.54 Å². The molecule has 0 spiro atoms. The highest BCUT2D eigenvalue weighted by molar-refractivity contribution is 6.30. The van der Waals surface area contributed by atoms with Gasteiger partial charge in [0.1, 0.15) is 19.2 Å². The second-order valence-electron chi connectivity index (χ2n) is 3.60. The molecule has 0 aliphatic heterocycles. The first-order valence-electron chi connectivity index (χ1n) is 5.32. The zero-order valence-corrected chi connectivity index (χ0v) is 10.5. The molecule has 2 N–H and O–H groups in total. The van der Waals surface area contributed by atoms with Gasteiger partial charge in [-0.3, -0.25) is 10.1 Å². The fourth-order valence-electron chi connectivity index (χ4n) is 1.32. The molecular formula is C11H10ClN5O2. The van der Waals surface area contributed by atoms with E-state index in [1.54, 1.807) is 24.3 Å². The van der Waals surface area contributed by atoms with Crippen molar-refractivity contribution in [1.82, 2.24) is 20.1 Å². The molecule has 98 valence electrons. The van der Waals surface area contributed by atoms with Crippen molar-refractivity contribution in [3.63, 3.8) is 0 Å². The van der Waals surface area contributed by atoms with Gasteiger partial charge in [0.2, 0.25) is 5.91 Å². The molecule has 19 heavy (non-hydrogen) atoms. The standard InChI is InChI=1S/C11H10ClN5O2/c12-8-1-3-9(4-2-8)15-11(19)16-10(18)5-17-7-13-6-14-17/h1-4,6-7H,5H2,(H2,15,16,18,19). The summed E-state index contributed by atoms with van der Waals surface area (Å²) in [6.07, 6.45) is 2.69. The van der Waals surface area contributed by atoms with Crippen molar-refractivity contribution in [3.05, 3.63) is 41.9 Å². The first kappa shape index (κ1) is 13.0. The topological polar surface area (TPSA) is 88.9 Å². The van der Waals surface area contributed by atoms with E-state index in [0.717, 1.165) is 0 Å². The van der Waals surface area contributed by atoms with E-state index in [4.69, 9.17) is 11.6 Å². The molecule has 7 nitrogen and oxygen atoms in total. The number of nitrogens with one attached hydrogen (secondary N) is 2. The maximum Gasteiger partial charge on any atom is 0.325 e. The van der Waals surface area contributed by atoms with Gasteiger partial charge in [0.15, 0.2) is 0 Å². The van der Waals surface area contributed by atoms with Crippen molar-refractivity contribution >= 4 is 29.2 Å². The van der Waals surface area contributed by atoms with E-state index in [1.807, 2.05) is 0 Å². The Labute approximate surface area is 113 Å². The van der Waals surface area contributed by atoms with Crippen molar-refractivity contribution < 1.29 is 9.59 Å². The van der Waals surface area contributed by atoms with Gasteiger partial charge in [-0.1, -0.05) is 11.6 Å². The van der Waals surface area contributed by atoms with Gasteiger partial charge in [-0.05, 0) is 24.3 Å². The van der Waals surface area contributed by atoms with E-state index in [-0.39, 0.29) is 6.54 Å². The zero-order valence-electron chi connectivity index (χ0n) is 9.71. The quantitative estimate of drug-likeness (QED) is 0.886. The van der Waals surface area contributed by atoms with Crippen molar-refractivity contribution in [2.75, 3.05) is 5.32 Å². The maximum atomic E-state index is 11.5. The number of aromatic nitrogens is 3. The number of nitrogens with zero attached hydrogens (tertiary/aromatic N) is 3. The summed E-state index contributed by atoms with van der Waals surface area (Å²) in [6, 6.07) is 5.91. The lowest BCUT2D eigenvalue weighted by atomic mass is 10.3. The van der Waals surface area contributed by atoms with Gasteiger partial charge in [0, 0.05) is 10.7 Å². The average molecular weight is 280 g/mol. The number of hydrogen-bond acceptors (Lipinski definition) is 4. The van der Waals surface area contributed by atoms with Gasteiger partial charge in [-0.25, -0.2) is 14.5 Å². The molecule has 1 heterocycles. The molecule has 3 amide bonds. The van der Waals surface area contributed by atoms with Crippen LogP contribution in [0.15, 0.2) is 36.9 Å². The number of urea groups is 1. The number of rotatable bonds is 3. The van der Waals surface area contributed by atoms with E-state index < -0.39 is 11.9 Å². The molecule has 0 bridgehead atoms. The molecule has 0 aliphatic rings. The fraction of sp³-hybridized carbons (Fsp3) is 0.0909. The van der Waals surface area contributed by atoms with Gasteiger partial charge >= 0.3 is 6.03 Å². The number of amides is 3. The Morgan fingerprint density at radius 1 is 1.26 bits per heavy atom. The lowest BCUT2D eigenvalue weighted by Crippen LogP contribution is -2.36. The second-order valence-corrected chi connectivity index (χ2v) is 4.04. The number of carbonyl (C=O) groups excluding carboxylic acids is 2. The van der Waals surface area contributed by atoms with Crippen LogP contribution in [-0.2, 0) is 11.3 Å². The summed E-state index contributed by atoms with van der Waals surface area (Å²) in [6.45, 7) is -0.0754. The molecule has 8 heteroatoms. The summed E-state index contributed by atoms with van der Waals surface area (Å²) < 4.78 is 1.31. The van der Waals surface area contributed by atoms with Crippen LogP contribution < -0.4 is 10.6 Å². The Hall–Kier alpha value is -2.41. The first-order chi connectivity index (χ1) is 9.13. The second kappa shape index (κ2) is 5.96. The third-order valence-electron chi connectivity index (χ3n) is 2.13. The first-order valence-corrected chi connectivity index (χ1v) is 5.70. The Bertz CT molecular complexity index is 567. The van der Waals surface area contributed by atoms with Crippen LogP contribution >= 0.6 is 11.6 Å². The van der Waals surface area contributed by atoms with Crippen LogP contribution in [-0.4, -0.2) is 26.7 Å². The van der Waals surface area contributed by atoms with Crippen LogP contribution in [0, 0.1) is 0 Å². The van der Waals surface area contributed by atoms with Gasteiger partial charge in [-0.15, -0.1) is 0 Å². The predicted octanol–water partition coefficient (Wildman–Crippen LogP) is 1.28. The molecule has 0 unspecified atom stereocenters. The van der Waals surface area contributed by atoms with E-state index in [9.17, 15) is 9.59 Å². The monoisotopic (exact) mass is 279 g/mol. The van der Waals surface area contributed by atoms with Crippen molar-refractivity contribution in [2.24, 2.45) is 0 Å².